The number of carboxylic acid groups (broad SMARTS) is 1. The first-order chi connectivity index (χ1) is 8.49. The Morgan fingerprint density at radius 1 is 1.61 bits per heavy atom. The molecule has 0 aromatic carbocycles. The number of hydrogen-bond acceptors (Lipinski definition) is 4. The van der Waals surface area contributed by atoms with Crippen LogP contribution in [0.1, 0.15) is 33.1 Å². The van der Waals surface area contributed by atoms with E-state index in [1.165, 1.54) is 0 Å². The molecule has 2 atom stereocenters. The van der Waals surface area contributed by atoms with E-state index in [1.54, 1.807) is 6.92 Å². The molecule has 2 N–H and O–H groups in total. The molecule has 2 unspecified atom stereocenters. The number of nitrogens with zero attached hydrogens (tertiary/aromatic N) is 1. The summed E-state index contributed by atoms with van der Waals surface area (Å²) in [6.07, 6.45) is 2.61. The second-order valence-electron chi connectivity index (χ2n) is 5.27. The first kappa shape index (κ1) is 15.4. The van der Waals surface area contributed by atoms with Crippen LogP contribution in [0.2, 0.25) is 0 Å². The van der Waals surface area contributed by atoms with Gasteiger partial charge in [0.05, 0.1) is 6.61 Å². The summed E-state index contributed by atoms with van der Waals surface area (Å²) in [6.45, 7) is 6.94. The van der Waals surface area contributed by atoms with Gasteiger partial charge in [-0.25, -0.2) is 0 Å². The standard InChI is InChI=1S/C13H26N2O3/c1-4-14-13(2,12(16)17)7-5-8-15(3)11-6-9-18-10-11/h11,14H,4-10H2,1-3H3,(H,16,17). The molecule has 1 aliphatic rings. The molecule has 0 aliphatic carbocycles. The molecular weight excluding hydrogens is 232 g/mol. The van der Waals surface area contributed by atoms with E-state index in [-0.39, 0.29) is 0 Å². The molecule has 0 bridgehead atoms. The lowest BCUT2D eigenvalue weighted by atomic mass is 9.95. The molecule has 1 saturated heterocycles. The van der Waals surface area contributed by atoms with Crippen molar-refractivity contribution < 1.29 is 14.6 Å². The van der Waals surface area contributed by atoms with Crippen molar-refractivity contribution in [3.63, 3.8) is 0 Å². The van der Waals surface area contributed by atoms with Crippen molar-refractivity contribution in [1.29, 1.82) is 0 Å². The van der Waals surface area contributed by atoms with Gasteiger partial charge in [-0.15, -0.1) is 0 Å². The predicted octanol–water partition coefficient (Wildman–Crippen LogP) is 0.940. The van der Waals surface area contributed by atoms with E-state index >= 15 is 0 Å². The monoisotopic (exact) mass is 258 g/mol. The minimum atomic E-state index is -0.804. The Bertz CT molecular complexity index is 267. The fraction of sp³-hybridized carbons (Fsp3) is 0.923. The van der Waals surface area contributed by atoms with Crippen LogP contribution in [0.25, 0.3) is 0 Å². The van der Waals surface area contributed by atoms with Crippen LogP contribution in [-0.4, -0.2) is 60.9 Å². The van der Waals surface area contributed by atoms with Crippen molar-refractivity contribution in [2.24, 2.45) is 0 Å². The van der Waals surface area contributed by atoms with E-state index in [0.717, 1.165) is 32.6 Å². The molecule has 1 rings (SSSR count). The van der Waals surface area contributed by atoms with Crippen LogP contribution in [0.5, 0.6) is 0 Å². The third-order valence-electron chi connectivity index (χ3n) is 3.76. The normalized spacial score (nSPS) is 23.2. The maximum Gasteiger partial charge on any atom is 0.323 e. The summed E-state index contributed by atoms with van der Waals surface area (Å²) in [4.78, 5) is 13.5. The number of carbonyl (C=O) groups is 1. The predicted molar refractivity (Wildman–Crippen MR) is 70.8 cm³/mol. The zero-order chi connectivity index (χ0) is 13.6. The largest absolute Gasteiger partial charge is 0.480 e. The molecule has 0 radical (unpaired) electrons. The van der Waals surface area contributed by atoms with Crippen LogP contribution in [-0.2, 0) is 9.53 Å². The molecule has 5 heteroatoms. The molecule has 0 saturated carbocycles. The quantitative estimate of drug-likeness (QED) is 0.678. The van der Waals surface area contributed by atoms with Crippen molar-refractivity contribution in [3.05, 3.63) is 0 Å². The molecule has 5 nitrogen and oxygen atoms in total. The third kappa shape index (κ3) is 4.23. The van der Waals surface area contributed by atoms with E-state index in [4.69, 9.17) is 4.74 Å². The van der Waals surface area contributed by atoms with Gasteiger partial charge in [-0.1, -0.05) is 6.92 Å². The van der Waals surface area contributed by atoms with Crippen LogP contribution in [0.15, 0.2) is 0 Å². The molecule has 1 fully saturated rings. The summed E-state index contributed by atoms with van der Waals surface area (Å²) in [5.74, 6) is -0.767. The van der Waals surface area contributed by atoms with Gasteiger partial charge in [0.2, 0.25) is 0 Å². The summed E-state index contributed by atoms with van der Waals surface area (Å²) >= 11 is 0. The highest BCUT2D eigenvalue weighted by atomic mass is 16.5. The van der Waals surface area contributed by atoms with Crippen LogP contribution in [0.4, 0.5) is 0 Å². The summed E-state index contributed by atoms with van der Waals surface area (Å²) in [5, 5.41) is 12.3. The number of hydrogen-bond donors (Lipinski definition) is 2. The number of likely N-dealkylation sites (N-methyl/N-ethyl adjacent to an activating group) is 2. The molecule has 106 valence electrons. The van der Waals surface area contributed by atoms with Crippen molar-refractivity contribution in [3.8, 4) is 0 Å². The summed E-state index contributed by atoms with van der Waals surface area (Å²) in [5.41, 5.74) is -0.804. The molecule has 0 spiro atoms. The van der Waals surface area contributed by atoms with Gasteiger partial charge in [-0.3, -0.25) is 4.79 Å². The van der Waals surface area contributed by atoms with E-state index in [9.17, 15) is 9.90 Å². The van der Waals surface area contributed by atoms with Gasteiger partial charge in [0.1, 0.15) is 5.54 Å². The molecule has 0 aromatic heterocycles. The van der Waals surface area contributed by atoms with Crippen LogP contribution >= 0.6 is 0 Å². The lowest BCUT2D eigenvalue weighted by Gasteiger charge is -2.28. The average Bonchev–Trinajstić information content (AvgIpc) is 2.82. The van der Waals surface area contributed by atoms with Gasteiger partial charge in [0, 0.05) is 12.6 Å². The molecule has 18 heavy (non-hydrogen) atoms. The van der Waals surface area contributed by atoms with E-state index in [2.05, 4.69) is 17.3 Å². The number of ether oxygens (including phenoxy) is 1. The maximum atomic E-state index is 11.2. The second kappa shape index (κ2) is 7.07. The molecule has 1 aliphatic heterocycles. The Balaban J connectivity index is 2.31. The SMILES string of the molecule is CCNC(C)(CCCN(C)C1CCOC1)C(=O)O. The average molecular weight is 258 g/mol. The first-order valence-electron chi connectivity index (χ1n) is 6.76. The topological polar surface area (TPSA) is 61.8 Å². The van der Waals surface area contributed by atoms with E-state index in [1.807, 2.05) is 6.92 Å². The fourth-order valence-electron chi connectivity index (χ4n) is 2.40. The Morgan fingerprint density at radius 2 is 2.33 bits per heavy atom. The van der Waals surface area contributed by atoms with Crippen LogP contribution < -0.4 is 5.32 Å². The van der Waals surface area contributed by atoms with Gasteiger partial charge >= 0.3 is 5.97 Å². The molecule has 0 amide bonds. The van der Waals surface area contributed by atoms with Gasteiger partial charge in [0.25, 0.3) is 0 Å². The number of nitrogens with one attached hydrogen (secondary N) is 1. The Hall–Kier alpha value is -0.650. The summed E-state index contributed by atoms with van der Waals surface area (Å²) < 4.78 is 5.35. The summed E-state index contributed by atoms with van der Waals surface area (Å²) in [7, 11) is 2.09. The zero-order valence-electron chi connectivity index (χ0n) is 11.7. The van der Waals surface area contributed by atoms with Gasteiger partial charge in [-0.2, -0.15) is 0 Å². The lowest BCUT2D eigenvalue weighted by molar-refractivity contribution is -0.144. The Morgan fingerprint density at radius 3 is 2.83 bits per heavy atom. The van der Waals surface area contributed by atoms with Gasteiger partial charge < -0.3 is 20.1 Å². The van der Waals surface area contributed by atoms with Gasteiger partial charge in [-0.05, 0) is 46.3 Å². The highest BCUT2D eigenvalue weighted by Crippen LogP contribution is 2.15. The molecule has 0 aromatic rings. The molecule has 1 heterocycles. The number of carboxylic acids is 1. The number of aliphatic carboxylic acids is 1. The van der Waals surface area contributed by atoms with Crippen molar-refractivity contribution in [2.45, 2.75) is 44.7 Å². The zero-order valence-corrected chi connectivity index (χ0v) is 11.7. The highest BCUT2D eigenvalue weighted by molar-refractivity contribution is 5.78. The third-order valence-corrected chi connectivity index (χ3v) is 3.76. The second-order valence-corrected chi connectivity index (χ2v) is 5.27. The van der Waals surface area contributed by atoms with Crippen LogP contribution in [0.3, 0.4) is 0 Å². The minimum absolute atomic E-state index is 0.500. The number of rotatable bonds is 8. The van der Waals surface area contributed by atoms with Crippen LogP contribution in [0, 0.1) is 0 Å². The van der Waals surface area contributed by atoms with E-state index in [0.29, 0.717) is 19.0 Å². The Labute approximate surface area is 109 Å². The van der Waals surface area contributed by atoms with Crippen molar-refractivity contribution in [2.75, 3.05) is 33.4 Å². The minimum Gasteiger partial charge on any atom is -0.480 e. The van der Waals surface area contributed by atoms with Gasteiger partial charge in [0.15, 0.2) is 0 Å². The lowest BCUT2D eigenvalue weighted by Crippen LogP contribution is -2.49. The smallest absolute Gasteiger partial charge is 0.323 e. The van der Waals surface area contributed by atoms with Crippen molar-refractivity contribution >= 4 is 5.97 Å². The maximum absolute atomic E-state index is 11.2. The Kier molecular flexibility index (Phi) is 6.05. The molecular formula is C13H26N2O3. The first-order valence-corrected chi connectivity index (χ1v) is 6.76. The summed E-state index contributed by atoms with van der Waals surface area (Å²) in [6, 6.07) is 0.500. The van der Waals surface area contributed by atoms with Crippen molar-refractivity contribution in [1.82, 2.24) is 10.2 Å². The van der Waals surface area contributed by atoms with E-state index < -0.39 is 11.5 Å². The highest BCUT2D eigenvalue weighted by Gasteiger charge is 2.31. The fourth-order valence-corrected chi connectivity index (χ4v) is 2.40.